The second-order valence-electron chi connectivity index (χ2n) is 4.17. The van der Waals surface area contributed by atoms with E-state index in [0.717, 1.165) is 3.57 Å². The number of nitrogens with zero attached hydrogens (tertiary/aromatic N) is 2. The lowest BCUT2D eigenvalue weighted by atomic mass is 10.2. The van der Waals surface area contributed by atoms with E-state index < -0.39 is 10.9 Å². The molecule has 0 heterocycles. The van der Waals surface area contributed by atoms with E-state index >= 15 is 0 Å². The number of hydrogen-bond donors (Lipinski definition) is 1. The average Bonchev–Trinajstić information content (AvgIpc) is 2.52. The molecule has 2 rings (SSSR count). The molecule has 8 heteroatoms. The normalized spacial score (nSPS) is 11.0. The fraction of sp³-hybridized carbons (Fsp3) is 0. The fourth-order valence-electron chi connectivity index (χ4n) is 1.59. The molecule has 7 nitrogen and oxygen atoms in total. The molecule has 2 N–H and O–H groups in total. The first kappa shape index (κ1) is 15.9. The quantitative estimate of drug-likeness (QED) is 0.208. The molecule has 0 radical (unpaired) electrons. The van der Waals surface area contributed by atoms with Gasteiger partial charge in [0.25, 0.3) is 5.69 Å². The standard InChI is InChI=1S/C14H10IN3O4/c15-11-5-1-4-10(7-11)14(19)22-17-13(16)9-3-2-6-12(8-9)18(20)21/h1-8H,(H2,16,17). The van der Waals surface area contributed by atoms with Crippen LogP contribution in [-0.2, 0) is 4.84 Å². The van der Waals surface area contributed by atoms with Crippen LogP contribution in [0.25, 0.3) is 0 Å². The van der Waals surface area contributed by atoms with Gasteiger partial charge in [-0.15, -0.1) is 0 Å². The van der Waals surface area contributed by atoms with Gasteiger partial charge < -0.3 is 10.6 Å². The molecule has 0 fully saturated rings. The van der Waals surface area contributed by atoms with E-state index in [2.05, 4.69) is 27.7 Å². The Balaban J connectivity index is 2.14. The summed E-state index contributed by atoms with van der Waals surface area (Å²) in [4.78, 5) is 26.7. The summed E-state index contributed by atoms with van der Waals surface area (Å²) in [5, 5.41) is 14.2. The van der Waals surface area contributed by atoms with Crippen molar-refractivity contribution in [2.75, 3.05) is 0 Å². The van der Waals surface area contributed by atoms with Gasteiger partial charge in [0.05, 0.1) is 10.5 Å². The van der Waals surface area contributed by atoms with E-state index in [-0.39, 0.29) is 11.5 Å². The topological polar surface area (TPSA) is 108 Å². The third-order valence-corrected chi connectivity index (χ3v) is 3.31. The monoisotopic (exact) mass is 411 g/mol. The number of non-ortho nitro benzene ring substituents is 1. The van der Waals surface area contributed by atoms with Crippen molar-refractivity contribution in [1.82, 2.24) is 0 Å². The zero-order chi connectivity index (χ0) is 16.1. The predicted octanol–water partition coefficient (Wildman–Crippen LogP) is 2.68. The first-order valence-corrected chi connectivity index (χ1v) is 7.10. The van der Waals surface area contributed by atoms with Gasteiger partial charge in [0, 0.05) is 21.3 Å². The molecule has 0 bridgehead atoms. The van der Waals surface area contributed by atoms with E-state index in [9.17, 15) is 14.9 Å². The maximum atomic E-state index is 11.8. The van der Waals surface area contributed by atoms with Gasteiger partial charge in [0.15, 0.2) is 5.84 Å². The molecule has 0 saturated heterocycles. The average molecular weight is 411 g/mol. The van der Waals surface area contributed by atoms with Gasteiger partial charge in [-0.1, -0.05) is 23.4 Å². The Morgan fingerprint density at radius 1 is 1.18 bits per heavy atom. The number of amidine groups is 1. The first-order chi connectivity index (χ1) is 10.5. The zero-order valence-electron chi connectivity index (χ0n) is 11.1. The Morgan fingerprint density at radius 3 is 2.55 bits per heavy atom. The first-order valence-electron chi connectivity index (χ1n) is 6.02. The van der Waals surface area contributed by atoms with Gasteiger partial charge in [0.1, 0.15) is 0 Å². The van der Waals surface area contributed by atoms with Gasteiger partial charge in [-0.05, 0) is 40.8 Å². The van der Waals surface area contributed by atoms with E-state index in [1.165, 1.54) is 24.3 Å². The highest BCUT2D eigenvalue weighted by Crippen LogP contribution is 2.13. The van der Waals surface area contributed by atoms with Crippen LogP contribution in [0.1, 0.15) is 15.9 Å². The smallest absolute Gasteiger partial charge is 0.365 e. The number of rotatable bonds is 4. The summed E-state index contributed by atoms with van der Waals surface area (Å²) in [7, 11) is 0. The second kappa shape index (κ2) is 6.98. The summed E-state index contributed by atoms with van der Waals surface area (Å²) in [6, 6.07) is 12.4. The van der Waals surface area contributed by atoms with Crippen LogP contribution >= 0.6 is 22.6 Å². The molecule has 0 unspecified atom stereocenters. The number of carbonyl (C=O) groups excluding carboxylic acids is 1. The Kier molecular flexibility index (Phi) is 5.04. The molecule has 22 heavy (non-hydrogen) atoms. The largest absolute Gasteiger partial charge is 0.380 e. The molecule has 0 atom stereocenters. The van der Waals surface area contributed by atoms with Crippen molar-refractivity contribution in [2.24, 2.45) is 10.9 Å². The third kappa shape index (κ3) is 4.01. The molecular weight excluding hydrogens is 401 g/mol. The van der Waals surface area contributed by atoms with Crippen LogP contribution in [0.15, 0.2) is 53.7 Å². The number of halogens is 1. The van der Waals surface area contributed by atoms with Crippen LogP contribution in [0.4, 0.5) is 5.69 Å². The fourth-order valence-corrected chi connectivity index (χ4v) is 2.13. The maximum Gasteiger partial charge on any atom is 0.365 e. The molecule has 0 aliphatic carbocycles. The van der Waals surface area contributed by atoms with E-state index in [1.54, 1.807) is 18.2 Å². The van der Waals surface area contributed by atoms with Gasteiger partial charge in [-0.3, -0.25) is 10.1 Å². The number of benzene rings is 2. The van der Waals surface area contributed by atoms with Crippen LogP contribution in [0, 0.1) is 13.7 Å². The number of nitro benzene ring substituents is 1. The number of oxime groups is 1. The summed E-state index contributed by atoms with van der Waals surface area (Å²) in [5.41, 5.74) is 6.18. The van der Waals surface area contributed by atoms with Crippen molar-refractivity contribution in [3.8, 4) is 0 Å². The van der Waals surface area contributed by atoms with Crippen molar-refractivity contribution >= 4 is 40.1 Å². The molecule has 2 aromatic rings. The summed E-state index contributed by atoms with van der Waals surface area (Å²) in [5.74, 6) is -0.783. The lowest BCUT2D eigenvalue weighted by molar-refractivity contribution is -0.384. The lowest BCUT2D eigenvalue weighted by Crippen LogP contribution is -2.15. The predicted molar refractivity (Wildman–Crippen MR) is 88.4 cm³/mol. The van der Waals surface area contributed by atoms with Crippen molar-refractivity contribution in [3.63, 3.8) is 0 Å². The number of carbonyl (C=O) groups is 1. The van der Waals surface area contributed by atoms with Crippen LogP contribution in [-0.4, -0.2) is 16.7 Å². The molecule has 112 valence electrons. The molecule has 0 aliphatic heterocycles. The van der Waals surface area contributed by atoms with Crippen molar-refractivity contribution in [3.05, 3.63) is 73.3 Å². The Morgan fingerprint density at radius 2 is 1.86 bits per heavy atom. The van der Waals surface area contributed by atoms with Crippen LogP contribution in [0.5, 0.6) is 0 Å². The summed E-state index contributed by atoms with van der Waals surface area (Å²) in [6.07, 6.45) is 0. The second-order valence-corrected chi connectivity index (χ2v) is 5.42. The highest BCUT2D eigenvalue weighted by molar-refractivity contribution is 14.1. The molecule has 0 amide bonds. The molecule has 2 aromatic carbocycles. The van der Waals surface area contributed by atoms with E-state index in [1.807, 2.05) is 6.07 Å². The maximum absolute atomic E-state index is 11.8. The minimum absolute atomic E-state index is 0.123. The van der Waals surface area contributed by atoms with Crippen LogP contribution in [0.2, 0.25) is 0 Å². The van der Waals surface area contributed by atoms with Gasteiger partial charge in [-0.25, -0.2) is 4.79 Å². The highest BCUT2D eigenvalue weighted by atomic mass is 127. The number of hydrogen-bond acceptors (Lipinski definition) is 5. The van der Waals surface area contributed by atoms with Gasteiger partial charge in [-0.2, -0.15) is 0 Å². The van der Waals surface area contributed by atoms with E-state index in [0.29, 0.717) is 11.1 Å². The summed E-state index contributed by atoms with van der Waals surface area (Å²) in [6.45, 7) is 0. The van der Waals surface area contributed by atoms with Crippen molar-refractivity contribution < 1.29 is 14.6 Å². The third-order valence-electron chi connectivity index (χ3n) is 2.64. The Labute approximate surface area is 139 Å². The zero-order valence-corrected chi connectivity index (χ0v) is 13.3. The molecular formula is C14H10IN3O4. The molecule has 0 saturated carbocycles. The minimum atomic E-state index is -0.660. The number of nitro groups is 1. The van der Waals surface area contributed by atoms with Crippen molar-refractivity contribution in [2.45, 2.75) is 0 Å². The van der Waals surface area contributed by atoms with Gasteiger partial charge in [0.2, 0.25) is 0 Å². The Hall–Kier alpha value is -2.49. The summed E-state index contributed by atoms with van der Waals surface area (Å²) < 4.78 is 0.877. The molecule has 0 aliphatic rings. The lowest BCUT2D eigenvalue weighted by Gasteiger charge is -2.02. The van der Waals surface area contributed by atoms with Gasteiger partial charge >= 0.3 is 5.97 Å². The van der Waals surface area contributed by atoms with E-state index in [4.69, 9.17) is 10.6 Å². The van der Waals surface area contributed by atoms with Crippen LogP contribution < -0.4 is 5.73 Å². The molecule has 0 aromatic heterocycles. The number of nitrogens with two attached hydrogens (primary N) is 1. The van der Waals surface area contributed by atoms with Crippen LogP contribution in [0.3, 0.4) is 0 Å². The Bertz CT molecular complexity index is 761. The highest BCUT2D eigenvalue weighted by Gasteiger charge is 2.10. The SMILES string of the molecule is N/C(=N\OC(=O)c1cccc(I)c1)c1cccc([N+](=O)[O-])c1. The molecule has 0 spiro atoms. The summed E-state index contributed by atoms with van der Waals surface area (Å²) >= 11 is 2.07. The minimum Gasteiger partial charge on any atom is -0.380 e. The van der Waals surface area contributed by atoms with Crippen molar-refractivity contribution in [1.29, 1.82) is 0 Å².